The van der Waals surface area contributed by atoms with Crippen LogP contribution in [0.15, 0.2) is 42.5 Å². The monoisotopic (exact) mass is 288 g/mol. The Labute approximate surface area is 126 Å². The molecule has 0 aliphatic rings. The van der Waals surface area contributed by atoms with Crippen molar-refractivity contribution in [3.05, 3.63) is 69.7 Å². The topological polar surface area (TPSA) is 20.2 Å². The van der Waals surface area contributed by atoms with Gasteiger partial charge in [0.2, 0.25) is 0 Å². The van der Waals surface area contributed by atoms with Crippen molar-refractivity contribution >= 4 is 11.6 Å². The van der Waals surface area contributed by atoms with E-state index in [0.29, 0.717) is 12.3 Å². The Balaban J connectivity index is 2.10. The molecule has 1 unspecified atom stereocenters. The van der Waals surface area contributed by atoms with Gasteiger partial charge in [-0.3, -0.25) is 0 Å². The summed E-state index contributed by atoms with van der Waals surface area (Å²) in [6.07, 6.45) is 0.135. The van der Waals surface area contributed by atoms with E-state index in [2.05, 4.69) is 38.1 Å². The van der Waals surface area contributed by atoms with Gasteiger partial charge in [-0.25, -0.2) is 0 Å². The van der Waals surface area contributed by atoms with Crippen molar-refractivity contribution < 1.29 is 5.11 Å². The number of rotatable bonds is 4. The fourth-order valence-corrected chi connectivity index (χ4v) is 2.37. The first-order valence-corrected chi connectivity index (χ1v) is 7.38. The molecule has 0 amide bonds. The lowest BCUT2D eigenvalue weighted by Crippen LogP contribution is -2.02. The Bertz CT molecular complexity index is 572. The van der Waals surface area contributed by atoms with Gasteiger partial charge in [0.1, 0.15) is 0 Å². The number of hydrogen-bond acceptors (Lipinski definition) is 1. The first-order chi connectivity index (χ1) is 9.47. The third kappa shape index (κ3) is 3.62. The standard InChI is InChI=1S/C18H21ClO/c1-12(2)15-6-4-14(5-7-15)11-18(20)16-8-9-17(19)13(3)10-16/h4-10,12,18,20H,11H2,1-3H3. The SMILES string of the molecule is Cc1cc(C(O)Cc2ccc(C(C)C)cc2)ccc1Cl. The largest absolute Gasteiger partial charge is 0.388 e. The smallest absolute Gasteiger partial charge is 0.0830 e. The molecule has 0 bridgehead atoms. The van der Waals surface area contributed by atoms with Gasteiger partial charge in [0.15, 0.2) is 0 Å². The predicted molar refractivity (Wildman–Crippen MR) is 85.4 cm³/mol. The van der Waals surface area contributed by atoms with Crippen LogP contribution in [0.4, 0.5) is 0 Å². The normalized spacial score (nSPS) is 12.7. The Morgan fingerprint density at radius 3 is 2.15 bits per heavy atom. The third-order valence-electron chi connectivity index (χ3n) is 3.64. The van der Waals surface area contributed by atoms with E-state index in [0.717, 1.165) is 21.7 Å². The molecule has 0 spiro atoms. The number of benzene rings is 2. The third-order valence-corrected chi connectivity index (χ3v) is 4.07. The Hall–Kier alpha value is -1.31. The fraction of sp³-hybridized carbons (Fsp3) is 0.333. The van der Waals surface area contributed by atoms with E-state index >= 15 is 0 Å². The first kappa shape index (κ1) is 15.1. The van der Waals surface area contributed by atoms with Gasteiger partial charge >= 0.3 is 0 Å². The minimum Gasteiger partial charge on any atom is -0.388 e. The quantitative estimate of drug-likeness (QED) is 0.835. The molecule has 1 N–H and O–H groups in total. The van der Waals surface area contributed by atoms with Crippen molar-refractivity contribution in [1.29, 1.82) is 0 Å². The second-order valence-corrected chi connectivity index (χ2v) is 6.03. The van der Waals surface area contributed by atoms with Crippen LogP contribution in [-0.4, -0.2) is 5.11 Å². The molecule has 0 saturated carbocycles. The molecule has 2 aromatic rings. The van der Waals surface area contributed by atoms with Crippen LogP contribution in [0.2, 0.25) is 5.02 Å². The van der Waals surface area contributed by atoms with E-state index in [4.69, 9.17) is 11.6 Å². The van der Waals surface area contributed by atoms with Crippen molar-refractivity contribution in [3.63, 3.8) is 0 Å². The van der Waals surface area contributed by atoms with Gasteiger partial charge in [-0.15, -0.1) is 0 Å². The van der Waals surface area contributed by atoms with E-state index in [1.54, 1.807) is 0 Å². The van der Waals surface area contributed by atoms with Crippen LogP contribution in [0.25, 0.3) is 0 Å². The molecule has 0 aliphatic carbocycles. The predicted octanol–water partition coefficient (Wildman–Crippen LogP) is 5.05. The summed E-state index contributed by atoms with van der Waals surface area (Å²) in [5.41, 5.74) is 4.39. The van der Waals surface area contributed by atoms with Gasteiger partial charge < -0.3 is 5.11 Å². The van der Waals surface area contributed by atoms with E-state index in [1.807, 2.05) is 25.1 Å². The zero-order valence-electron chi connectivity index (χ0n) is 12.2. The molecule has 20 heavy (non-hydrogen) atoms. The van der Waals surface area contributed by atoms with Crippen LogP contribution in [0.5, 0.6) is 0 Å². The highest BCUT2D eigenvalue weighted by molar-refractivity contribution is 6.31. The highest BCUT2D eigenvalue weighted by Crippen LogP contribution is 2.24. The van der Waals surface area contributed by atoms with Crippen molar-refractivity contribution in [1.82, 2.24) is 0 Å². The van der Waals surface area contributed by atoms with Crippen molar-refractivity contribution in [2.24, 2.45) is 0 Å². The molecule has 0 fully saturated rings. The van der Waals surface area contributed by atoms with E-state index in [-0.39, 0.29) is 0 Å². The summed E-state index contributed by atoms with van der Waals surface area (Å²) in [5.74, 6) is 0.535. The molecule has 2 aromatic carbocycles. The maximum absolute atomic E-state index is 10.3. The second kappa shape index (κ2) is 6.43. The maximum atomic E-state index is 10.3. The molecular weight excluding hydrogens is 268 g/mol. The van der Waals surface area contributed by atoms with Crippen LogP contribution in [0, 0.1) is 6.92 Å². The lowest BCUT2D eigenvalue weighted by atomic mass is 9.97. The Morgan fingerprint density at radius 1 is 1.00 bits per heavy atom. The summed E-state index contributed by atoms with van der Waals surface area (Å²) in [5, 5.41) is 11.1. The number of aliphatic hydroxyl groups excluding tert-OH is 1. The zero-order valence-corrected chi connectivity index (χ0v) is 13.0. The first-order valence-electron chi connectivity index (χ1n) is 7.00. The van der Waals surface area contributed by atoms with Crippen LogP contribution >= 0.6 is 11.6 Å². The summed E-state index contributed by atoms with van der Waals surface area (Å²) in [6.45, 7) is 6.32. The molecule has 106 valence electrons. The van der Waals surface area contributed by atoms with Crippen LogP contribution in [0.3, 0.4) is 0 Å². The molecule has 1 atom stereocenters. The van der Waals surface area contributed by atoms with Crippen LogP contribution < -0.4 is 0 Å². The minimum atomic E-state index is -0.490. The van der Waals surface area contributed by atoms with Gasteiger partial charge in [-0.05, 0) is 41.2 Å². The maximum Gasteiger partial charge on any atom is 0.0830 e. The van der Waals surface area contributed by atoms with Crippen molar-refractivity contribution in [2.45, 2.75) is 39.2 Å². The summed E-state index contributed by atoms with van der Waals surface area (Å²) >= 11 is 6.01. The van der Waals surface area contributed by atoms with E-state index in [1.165, 1.54) is 5.56 Å². The van der Waals surface area contributed by atoms with Gasteiger partial charge in [-0.2, -0.15) is 0 Å². The number of halogens is 1. The number of aliphatic hydroxyl groups is 1. The average molecular weight is 289 g/mol. The lowest BCUT2D eigenvalue weighted by Gasteiger charge is -2.13. The van der Waals surface area contributed by atoms with E-state index in [9.17, 15) is 5.11 Å². The highest BCUT2D eigenvalue weighted by atomic mass is 35.5. The lowest BCUT2D eigenvalue weighted by molar-refractivity contribution is 0.178. The van der Waals surface area contributed by atoms with Gasteiger partial charge in [0.25, 0.3) is 0 Å². The Kier molecular flexibility index (Phi) is 4.85. The summed E-state index contributed by atoms with van der Waals surface area (Å²) in [4.78, 5) is 0. The van der Waals surface area contributed by atoms with E-state index < -0.39 is 6.10 Å². The van der Waals surface area contributed by atoms with Gasteiger partial charge in [0, 0.05) is 11.4 Å². The number of aryl methyl sites for hydroxylation is 1. The number of hydrogen-bond donors (Lipinski definition) is 1. The van der Waals surface area contributed by atoms with Crippen LogP contribution in [0.1, 0.15) is 48.1 Å². The molecule has 0 heterocycles. The summed E-state index contributed by atoms with van der Waals surface area (Å²) in [7, 11) is 0. The van der Waals surface area contributed by atoms with Crippen molar-refractivity contribution in [3.8, 4) is 0 Å². The van der Waals surface area contributed by atoms with Gasteiger partial charge in [0.05, 0.1) is 6.10 Å². The summed E-state index contributed by atoms with van der Waals surface area (Å²) < 4.78 is 0. The summed E-state index contributed by atoms with van der Waals surface area (Å²) in [6, 6.07) is 14.2. The van der Waals surface area contributed by atoms with Crippen molar-refractivity contribution in [2.75, 3.05) is 0 Å². The molecule has 0 radical (unpaired) electrons. The highest BCUT2D eigenvalue weighted by Gasteiger charge is 2.10. The minimum absolute atomic E-state index is 0.490. The Morgan fingerprint density at radius 2 is 1.60 bits per heavy atom. The average Bonchev–Trinajstić information content (AvgIpc) is 2.42. The molecule has 0 aromatic heterocycles. The van der Waals surface area contributed by atoms with Crippen LogP contribution in [-0.2, 0) is 6.42 Å². The molecular formula is C18H21ClO. The molecule has 1 nitrogen and oxygen atoms in total. The second-order valence-electron chi connectivity index (χ2n) is 5.62. The molecule has 2 heteroatoms. The molecule has 2 rings (SSSR count). The molecule has 0 aliphatic heterocycles. The molecule has 0 saturated heterocycles. The van der Waals surface area contributed by atoms with Gasteiger partial charge in [-0.1, -0.05) is 61.8 Å². The zero-order chi connectivity index (χ0) is 14.7. The fourth-order valence-electron chi connectivity index (χ4n) is 2.25.